The zero-order valence-electron chi connectivity index (χ0n) is 13.5. The highest BCUT2D eigenvalue weighted by Crippen LogP contribution is 2.16. The zero-order chi connectivity index (χ0) is 15.9. The summed E-state index contributed by atoms with van der Waals surface area (Å²) in [6, 6.07) is 7.93. The topological polar surface area (TPSA) is 59.9 Å². The van der Waals surface area contributed by atoms with Crippen LogP contribution < -0.4 is 10.1 Å². The summed E-state index contributed by atoms with van der Waals surface area (Å²) in [6.45, 7) is 4.57. The fraction of sp³-hybridized carbons (Fsp3) is 0.529. The third-order valence-electron chi connectivity index (χ3n) is 3.48. The lowest BCUT2D eigenvalue weighted by molar-refractivity contribution is -0.122. The van der Waals surface area contributed by atoms with Crippen LogP contribution >= 0.6 is 0 Å². The van der Waals surface area contributed by atoms with Crippen molar-refractivity contribution in [2.75, 3.05) is 13.7 Å². The molecule has 1 aliphatic heterocycles. The van der Waals surface area contributed by atoms with Gasteiger partial charge in [-0.2, -0.15) is 0 Å². The number of oxime groups is 1. The summed E-state index contributed by atoms with van der Waals surface area (Å²) >= 11 is 0. The molecule has 1 aromatic carbocycles. The van der Waals surface area contributed by atoms with Gasteiger partial charge in [0.25, 0.3) is 0 Å². The van der Waals surface area contributed by atoms with E-state index in [0.717, 1.165) is 24.3 Å². The minimum Gasteiger partial charge on any atom is -0.497 e. The molecule has 0 fully saturated rings. The van der Waals surface area contributed by atoms with Crippen LogP contribution in [0.15, 0.2) is 29.4 Å². The Hall–Kier alpha value is -2.04. The third-order valence-corrected chi connectivity index (χ3v) is 3.48. The number of nitrogens with zero attached hydrogens (tertiary/aromatic N) is 1. The average molecular weight is 304 g/mol. The first kappa shape index (κ1) is 16.3. The Bertz CT molecular complexity index is 523. The van der Waals surface area contributed by atoms with Gasteiger partial charge in [-0.3, -0.25) is 4.79 Å². The number of ether oxygens (including phenoxy) is 1. The van der Waals surface area contributed by atoms with Crippen molar-refractivity contribution in [1.29, 1.82) is 0 Å². The summed E-state index contributed by atoms with van der Waals surface area (Å²) in [5, 5.41) is 7.03. The van der Waals surface area contributed by atoms with Gasteiger partial charge in [0.05, 0.1) is 19.4 Å². The van der Waals surface area contributed by atoms with Crippen LogP contribution in [0.3, 0.4) is 0 Å². The Balaban J connectivity index is 1.73. The molecule has 120 valence electrons. The van der Waals surface area contributed by atoms with E-state index < -0.39 is 0 Å². The van der Waals surface area contributed by atoms with Crippen LogP contribution in [0.1, 0.15) is 32.3 Å². The molecule has 1 aliphatic rings. The summed E-state index contributed by atoms with van der Waals surface area (Å²) in [5.74, 6) is 1.28. The fourth-order valence-electron chi connectivity index (χ4n) is 2.35. The first-order valence-corrected chi connectivity index (χ1v) is 7.68. The molecule has 2 rings (SSSR count). The van der Waals surface area contributed by atoms with Gasteiger partial charge in [0.1, 0.15) is 11.9 Å². The molecule has 0 aromatic heterocycles. The van der Waals surface area contributed by atoms with E-state index in [4.69, 9.17) is 9.57 Å². The Labute approximate surface area is 131 Å². The van der Waals surface area contributed by atoms with Crippen molar-refractivity contribution in [3.8, 4) is 5.75 Å². The minimum atomic E-state index is -0.0515. The fourth-order valence-corrected chi connectivity index (χ4v) is 2.35. The molecule has 0 saturated heterocycles. The summed E-state index contributed by atoms with van der Waals surface area (Å²) in [5.41, 5.74) is 2.18. The number of hydrogen-bond acceptors (Lipinski definition) is 4. The molecule has 1 atom stereocenters. The molecular formula is C17H24N2O3. The van der Waals surface area contributed by atoms with Gasteiger partial charge < -0.3 is 14.9 Å². The Morgan fingerprint density at radius 1 is 1.41 bits per heavy atom. The molecule has 1 heterocycles. The zero-order valence-corrected chi connectivity index (χ0v) is 13.5. The van der Waals surface area contributed by atoms with E-state index in [-0.39, 0.29) is 12.0 Å². The number of benzene rings is 1. The molecule has 0 aliphatic carbocycles. The van der Waals surface area contributed by atoms with E-state index in [2.05, 4.69) is 10.5 Å². The molecule has 1 N–H and O–H groups in total. The van der Waals surface area contributed by atoms with E-state index >= 15 is 0 Å². The molecule has 5 heteroatoms. The number of amides is 1. The molecule has 0 saturated carbocycles. The molecular weight excluding hydrogens is 280 g/mol. The van der Waals surface area contributed by atoms with Crippen LogP contribution in [0.5, 0.6) is 5.75 Å². The Morgan fingerprint density at radius 2 is 2.14 bits per heavy atom. The van der Waals surface area contributed by atoms with Gasteiger partial charge in [-0.15, -0.1) is 0 Å². The number of methoxy groups -OCH3 is 1. The number of carbonyl (C=O) groups excluding carboxylic acids is 1. The van der Waals surface area contributed by atoms with Gasteiger partial charge in [0.2, 0.25) is 5.91 Å². The second-order valence-corrected chi connectivity index (χ2v) is 6.02. The molecule has 22 heavy (non-hydrogen) atoms. The normalized spacial score (nSPS) is 17.1. The monoisotopic (exact) mass is 304 g/mol. The minimum absolute atomic E-state index is 0.0515. The molecule has 0 radical (unpaired) electrons. The summed E-state index contributed by atoms with van der Waals surface area (Å²) < 4.78 is 5.14. The second-order valence-electron chi connectivity index (χ2n) is 6.02. The Morgan fingerprint density at radius 3 is 2.77 bits per heavy atom. The SMILES string of the molecule is COc1ccc(CC2=NOC(CNC(=O)CC(C)C)C2)cc1. The maximum absolute atomic E-state index is 11.6. The van der Waals surface area contributed by atoms with Gasteiger partial charge in [0.15, 0.2) is 0 Å². The van der Waals surface area contributed by atoms with Crippen molar-refractivity contribution in [3.63, 3.8) is 0 Å². The standard InChI is InChI=1S/C17H24N2O3/c1-12(2)8-17(20)18-11-16-10-14(19-22-16)9-13-4-6-15(21-3)7-5-13/h4-7,12,16H,8-11H2,1-3H3,(H,18,20). The second kappa shape index (κ2) is 7.82. The lowest BCUT2D eigenvalue weighted by Gasteiger charge is -2.10. The van der Waals surface area contributed by atoms with Crippen LogP contribution in [0.2, 0.25) is 0 Å². The van der Waals surface area contributed by atoms with Gasteiger partial charge in [-0.25, -0.2) is 0 Å². The van der Waals surface area contributed by atoms with E-state index in [9.17, 15) is 4.79 Å². The van der Waals surface area contributed by atoms with Gasteiger partial charge >= 0.3 is 0 Å². The quantitative estimate of drug-likeness (QED) is 0.842. The molecule has 0 bridgehead atoms. The number of hydrogen-bond donors (Lipinski definition) is 1. The van der Waals surface area contributed by atoms with Crippen LogP contribution in [0, 0.1) is 5.92 Å². The van der Waals surface area contributed by atoms with Crippen LogP contribution in [-0.2, 0) is 16.1 Å². The van der Waals surface area contributed by atoms with E-state index in [1.54, 1.807) is 7.11 Å². The predicted molar refractivity (Wildman–Crippen MR) is 86.1 cm³/mol. The van der Waals surface area contributed by atoms with Crippen molar-refractivity contribution in [2.45, 2.75) is 39.2 Å². The van der Waals surface area contributed by atoms with E-state index in [1.165, 1.54) is 5.56 Å². The predicted octanol–water partition coefficient (Wildman–Crippen LogP) is 2.54. The largest absolute Gasteiger partial charge is 0.497 e. The lowest BCUT2D eigenvalue weighted by Crippen LogP contribution is -2.32. The highest BCUT2D eigenvalue weighted by molar-refractivity contribution is 5.87. The number of nitrogens with one attached hydrogen (secondary N) is 1. The molecule has 1 amide bonds. The van der Waals surface area contributed by atoms with Crippen LogP contribution in [-0.4, -0.2) is 31.4 Å². The first-order valence-electron chi connectivity index (χ1n) is 7.68. The van der Waals surface area contributed by atoms with Crippen molar-refractivity contribution in [1.82, 2.24) is 5.32 Å². The van der Waals surface area contributed by atoms with Crippen molar-refractivity contribution < 1.29 is 14.4 Å². The number of rotatable bonds is 7. The molecule has 5 nitrogen and oxygen atoms in total. The highest BCUT2D eigenvalue weighted by atomic mass is 16.6. The van der Waals surface area contributed by atoms with Crippen LogP contribution in [0.25, 0.3) is 0 Å². The summed E-state index contributed by atoms with van der Waals surface area (Å²) in [4.78, 5) is 17.0. The van der Waals surface area contributed by atoms with Crippen molar-refractivity contribution in [3.05, 3.63) is 29.8 Å². The molecule has 1 aromatic rings. The molecule has 1 unspecified atom stereocenters. The maximum atomic E-state index is 11.6. The van der Waals surface area contributed by atoms with Crippen LogP contribution in [0.4, 0.5) is 0 Å². The van der Waals surface area contributed by atoms with E-state index in [0.29, 0.717) is 18.9 Å². The highest BCUT2D eigenvalue weighted by Gasteiger charge is 2.21. The average Bonchev–Trinajstić information content (AvgIpc) is 2.93. The lowest BCUT2D eigenvalue weighted by atomic mass is 10.0. The summed E-state index contributed by atoms with van der Waals surface area (Å²) in [6.07, 6.45) is 2.02. The maximum Gasteiger partial charge on any atom is 0.220 e. The van der Waals surface area contributed by atoms with Gasteiger partial charge in [-0.1, -0.05) is 31.1 Å². The van der Waals surface area contributed by atoms with Gasteiger partial charge in [0, 0.05) is 19.3 Å². The molecule has 0 spiro atoms. The van der Waals surface area contributed by atoms with Crippen molar-refractivity contribution in [2.24, 2.45) is 11.1 Å². The third kappa shape index (κ3) is 5.06. The summed E-state index contributed by atoms with van der Waals surface area (Å²) in [7, 11) is 1.65. The smallest absolute Gasteiger partial charge is 0.220 e. The van der Waals surface area contributed by atoms with Gasteiger partial charge in [-0.05, 0) is 23.6 Å². The Kier molecular flexibility index (Phi) is 5.81. The van der Waals surface area contributed by atoms with Crippen molar-refractivity contribution >= 4 is 11.6 Å². The number of carbonyl (C=O) groups is 1. The first-order chi connectivity index (χ1) is 10.6. The van der Waals surface area contributed by atoms with E-state index in [1.807, 2.05) is 38.1 Å².